The minimum atomic E-state index is -1.02. The highest BCUT2D eigenvalue weighted by molar-refractivity contribution is 7.16. The standard InChI is InChI=1S/C23H17F2N3O5S/c24-16-6-3-13(7-17(16)25)8-26-21(30)19-27-20(29)18-15(11-34-22(18)28-19)10-33-9-12-1-4-14(5-2-12)23(31)32/h1-7,11H,8-10H2,(H,26,30)(H,31,32)(H,27,28,29). The third kappa shape index (κ3) is 5.16. The number of ether oxygens (including phenoxy) is 1. The van der Waals surface area contributed by atoms with Gasteiger partial charge in [0.2, 0.25) is 5.82 Å². The Bertz CT molecular complexity index is 1430. The number of carbonyl (C=O) groups is 2. The largest absolute Gasteiger partial charge is 0.478 e. The molecule has 4 aromatic rings. The molecule has 0 fully saturated rings. The van der Waals surface area contributed by atoms with Gasteiger partial charge in [0, 0.05) is 12.1 Å². The smallest absolute Gasteiger partial charge is 0.335 e. The summed E-state index contributed by atoms with van der Waals surface area (Å²) in [5, 5.41) is 13.5. The zero-order chi connectivity index (χ0) is 24.2. The van der Waals surface area contributed by atoms with E-state index in [1.807, 2.05) is 0 Å². The second kappa shape index (κ2) is 9.89. The molecule has 2 heterocycles. The molecule has 3 N–H and O–H groups in total. The van der Waals surface area contributed by atoms with Crippen molar-refractivity contribution in [2.24, 2.45) is 0 Å². The second-order valence-electron chi connectivity index (χ2n) is 7.28. The number of carbonyl (C=O) groups excluding carboxylic acids is 1. The molecule has 2 aromatic carbocycles. The fourth-order valence-electron chi connectivity index (χ4n) is 3.16. The molecule has 0 aliphatic rings. The lowest BCUT2D eigenvalue weighted by molar-refractivity contribution is 0.0696. The van der Waals surface area contributed by atoms with Gasteiger partial charge < -0.3 is 20.1 Å². The third-order valence-electron chi connectivity index (χ3n) is 4.90. The maximum Gasteiger partial charge on any atom is 0.335 e. The number of hydrogen-bond donors (Lipinski definition) is 3. The number of halogens is 2. The number of aromatic carboxylic acids is 1. The first kappa shape index (κ1) is 23.2. The van der Waals surface area contributed by atoms with Crippen LogP contribution in [-0.4, -0.2) is 27.0 Å². The molecule has 0 saturated carbocycles. The van der Waals surface area contributed by atoms with Crippen molar-refractivity contribution in [3.05, 3.63) is 97.9 Å². The van der Waals surface area contributed by atoms with E-state index in [1.165, 1.54) is 29.5 Å². The van der Waals surface area contributed by atoms with Gasteiger partial charge in [-0.3, -0.25) is 9.59 Å². The number of amides is 1. The number of H-pyrrole nitrogens is 1. The molecule has 0 atom stereocenters. The Hall–Kier alpha value is -3.96. The topological polar surface area (TPSA) is 121 Å². The third-order valence-corrected chi connectivity index (χ3v) is 5.82. The number of hydrogen-bond acceptors (Lipinski definition) is 6. The molecule has 34 heavy (non-hydrogen) atoms. The Kier molecular flexibility index (Phi) is 6.75. The van der Waals surface area contributed by atoms with Crippen LogP contribution in [0.2, 0.25) is 0 Å². The Morgan fingerprint density at radius 1 is 1.06 bits per heavy atom. The number of benzene rings is 2. The van der Waals surface area contributed by atoms with E-state index < -0.39 is 29.1 Å². The molecule has 11 heteroatoms. The predicted octanol–water partition coefficient (Wildman–Crippen LogP) is 3.61. The highest BCUT2D eigenvalue weighted by atomic mass is 32.1. The first-order valence-corrected chi connectivity index (χ1v) is 10.8. The number of rotatable bonds is 8. The average Bonchev–Trinajstić information content (AvgIpc) is 3.23. The number of thiophene rings is 1. The van der Waals surface area contributed by atoms with E-state index in [4.69, 9.17) is 9.84 Å². The Morgan fingerprint density at radius 2 is 1.79 bits per heavy atom. The second-order valence-corrected chi connectivity index (χ2v) is 8.14. The lowest BCUT2D eigenvalue weighted by atomic mass is 10.1. The molecule has 0 unspecified atom stereocenters. The number of aromatic amines is 1. The quantitative estimate of drug-likeness (QED) is 0.351. The van der Waals surface area contributed by atoms with Crippen molar-refractivity contribution in [3.63, 3.8) is 0 Å². The van der Waals surface area contributed by atoms with Crippen LogP contribution in [0.15, 0.2) is 52.6 Å². The highest BCUT2D eigenvalue weighted by Gasteiger charge is 2.16. The number of nitrogens with zero attached hydrogens (tertiary/aromatic N) is 1. The number of carboxylic acid groups (broad SMARTS) is 1. The molecule has 0 spiro atoms. The molecular formula is C23H17F2N3O5S. The maximum absolute atomic E-state index is 13.3. The van der Waals surface area contributed by atoms with Gasteiger partial charge in [0.1, 0.15) is 4.83 Å². The molecule has 0 saturated heterocycles. The average molecular weight is 485 g/mol. The van der Waals surface area contributed by atoms with Crippen molar-refractivity contribution >= 4 is 33.4 Å². The van der Waals surface area contributed by atoms with Crippen molar-refractivity contribution in [3.8, 4) is 0 Å². The van der Waals surface area contributed by atoms with Crippen molar-refractivity contribution < 1.29 is 28.2 Å². The maximum atomic E-state index is 13.3. The fourth-order valence-corrected chi connectivity index (χ4v) is 4.08. The summed E-state index contributed by atoms with van der Waals surface area (Å²) in [6, 6.07) is 9.53. The monoisotopic (exact) mass is 485 g/mol. The summed E-state index contributed by atoms with van der Waals surface area (Å²) in [4.78, 5) is 42.9. The summed E-state index contributed by atoms with van der Waals surface area (Å²) in [6.07, 6.45) is 0. The van der Waals surface area contributed by atoms with E-state index in [1.54, 1.807) is 17.5 Å². The number of aromatic nitrogens is 2. The first-order chi connectivity index (χ1) is 16.3. The Balaban J connectivity index is 1.41. The summed E-state index contributed by atoms with van der Waals surface area (Å²) in [5.41, 5.74) is 1.40. The molecule has 0 aliphatic heterocycles. The zero-order valence-corrected chi connectivity index (χ0v) is 18.2. The van der Waals surface area contributed by atoms with Gasteiger partial charge in [0.25, 0.3) is 11.5 Å². The van der Waals surface area contributed by atoms with Gasteiger partial charge in [-0.2, -0.15) is 0 Å². The summed E-state index contributed by atoms with van der Waals surface area (Å²) in [6.45, 7) is 0.259. The van der Waals surface area contributed by atoms with E-state index in [2.05, 4.69) is 15.3 Å². The lowest BCUT2D eigenvalue weighted by Gasteiger charge is -2.06. The van der Waals surface area contributed by atoms with Gasteiger partial charge in [-0.15, -0.1) is 11.3 Å². The normalized spacial score (nSPS) is 11.0. The Morgan fingerprint density at radius 3 is 2.50 bits per heavy atom. The van der Waals surface area contributed by atoms with Crippen LogP contribution in [0.25, 0.3) is 10.2 Å². The number of fused-ring (bicyclic) bond motifs is 1. The molecule has 0 bridgehead atoms. The minimum Gasteiger partial charge on any atom is -0.478 e. The Labute approximate surface area is 194 Å². The van der Waals surface area contributed by atoms with Crippen LogP contribution in [0.5, 0.6) is 0 Å². The van der Waals surface area contributed by atoms with Crippen molar-refractivity contribution in [1.82, 2.24) is 15.3 Å². The van der Waals surface area contributed by atoms with Crippen molar-refractivity contribution in [2.45, 2.75) is 19.8 Å². The van der Waals surface area contributed by atoms with Crippen LogP contribution in [0.3, 0.4) is 0 Å². The van der Waals surface area contributed by atoms with Crippen molar-refractivity contribution in [1.29, 1.82) is 0 Å². The van der Waals surface area contributed by atoms with Gasteiger partial charge in [0.15, 0.2) is 11.6 Å². The predicted molar refractivity (Wildman–Crippen MR) is 120 cm³/mol. The molecule has 4 rings (SSSR count). The van der Waals surface area contributed by atoms with Crippen LogP contribution in [0.4, 0.5) is 8.78 Å². The van der Waals surface area contributed by atoms with E-state index in [9.17, 15) is 23.2 Å². The first-order valence-electron chi connectivity index (χ1n) is 9.94. The van der Waals surface area contributed by atoms with Crippen LogP contribution < -0.4 is 10.9 Å². The summed E-state index contributed by atoms with van der Waals surface area (Å²) in [5.74, 6) is -3.89. The molecule has 174 valence electrons. The van der Waals surface area contributed by atoms with E-state index >= 15 is 0 Å². The fraction of sp³-hybridized carbons (Fsp3) is 0.130. The van der Waals surface area contributed by atoms with Crippen molar-refractivity contribution in [2.75, 3.05) is 0 Å². The molecule has 8 nitrogen and oxygen atoms in total. The highest BCUT2D eigenvalue weighted by Crippen LogP contribution is 2.22. The summed E-state index contributed by atoms with van der Waals surface area (Å²) >= 11 is 1.18. The van der Waals surface area contributed by atoms with Gasteiger partial charge in [-0.1, -0.05) is 18.2 Å². The lowest BCUT2D eigenvalue weighted by Crippen LogP contribution is -2.27. The van der Waals surface area contributed by atoms with Crippen LogP contribution in [0.1, 0.15) is 37.7 Å². The minimum absolute atomic E-state index is 0.0746. The number of nitrogens with one attached hydrogen (secondary N) is 2. The van der Waals surface area contributed by atoms with E-state index in [-0.39, 0.29) is 31.1 Å². The number of carboxylic acids is 1. The van der Waals surface area contributed by atoms with Gasteiger partial charge >= 0.3 is 5.97 Å². The SMILES string of the molecule is O=C(O)c1ccc(COCc2csc3nc(C(=O)NCc4ccc(F)c(F)c4)[nH]c(=O)c23)cc1. The molecule has 0 aliphatic carbocycles. The van der Waals surface area contributed by atoms with Crippen LogP contribution in [-0.2, 0) is 24.5 Å². The molecule has 2 aromatic heterocycles. The summed E-state index contributed by atoms with van der Waals surface area (Å²) < 4.78 is 32.0. The van der Waals surface area contributed by atoms with Crippen LogP contribution >= 0.6 is 11.3 Å². The molecule has 0 radical (unpaired) electrons. The molecular weight excluding hydrogens is 468 g/mol. The summed E-state index contributed by atoms with van der Waals surface area (Å²) in [7, 11) is 0. The van der Waals surface area contributed by atoms with E-state index in [0.717, 1.165) is 17.7 Å². The van der Waals surface area contributed by atoms with Gasteiger partial charge in [-0.25, -0.2) is 18.6 Å². The van der Waals surface area contributed by atoms with Gasteiger partial charge in [-0.05, 0) is 40.8 Å². The zero-order valence-electron chi connectivity index (χ0n) is 17.4. The van der Waals surface area contributed by atoms with Crippen LogP contribution in [0, 0.1) is 11.6 Å². The van der Waals surface area contributed by atoms with Gasteiger partial charge in [0.05, 0.1) is 24.2 Å². The van der Waals surface area contributed by atoms with E-state index in [0.29, 0.717) is 21.3 Å². The molecule has 1 amide bonds.